The second-order valence-corrected chi connectivity index (χ2v) is 5.08. The molecule has 0 N–H and O–H groups in total. The Morgan fingerprint density at radius 1 is 1.47 bits per heavy atom. The van der Waals surface area contributed by atoms with Gasteiger partial charge in [-0.15, -0.1) is 11.6 Å². The Morgan fingerprint density at radius 3 is 2.82 bits per heavy atom. The Balaban J connectivity index is 2.10. The summed E-state index contributed by atoms with van der Waals surface area (Å²) in [5, 5.41) is 4.30. The second-order valence-electron chi connectivity index (χ2n) is 4.82. The van der Waals surface area contributed by atoms with E-state index in [1.807, 2.05) is 10.9 Å². The molecule has 3 heteroatoms. The van der Waals surface area contributed by atoms with Crippen molar-refractivity contribution in [3.8, 4) is 0 Å². The van der Waals surface area contributed by atoms with Crippen molar-refractivity contribution >= 4 is 17.7 Å². The van der Waals surface area contributed by atoms with Crippen LogP contribution in [0.1, 0.15) is 44.6 Å². The fourth-order valence-corrected chi connectivity index (χ4v) is 2.88. The molecule has 1 heterocycles. The fourth-order valence-electron chi connectivity index (χ4n) is 2.58. The van der Waals surface area contributed by atoms with Crippen LogP contribution in [0.15, 0.2) is 18.0 Å². The summed E-state index contributed by atoms with van der Waals surface area (Å²) in [5.41, 5.74) is 2.58. The number of aryl methyl sites for hydroxylation is 1. The molecular formula is C14H21ClN2. The Bertz CT molecular complexity index is 375. The lowest BCUT2D eigenvalue weighted by atomic mass is 9.84. The van der Waals surface area contributed by atoms with Crippen molar-refractivity contribution in [1.82, 2.24) is 9.78 Å². The van der Waals surface area contributed by atoms with Gasteiger partial charge in [-0.1, -0.05) is 30.9 Å². The minimum atomic E-state index is 0.655. The third-order valence-electron chi connectivity index (χ3n) is 3.61. The summed E-state index contributed by atoms with van der Waals surface area (Å²) in [5.74, 6) is 1.35. The lowest BCUT2D eigenvalue weighted by Crippen LogP contribution is -2.10. The lowest BCUT2D eigenvalue weighted by molar-refractivity contribution is 0.405. The Labute approximate surface area is 109 Å². The van der Waals surface area contributed by atoms with E-state index in [0.29, 0.717) is 11.8 Å². The molecule has 0 amide bonds. The predicted molar refractivity (Wildman–Crippen MR) is 73.2 cm³/mol. The van der Waals surface area contributed by atoms with Crippen molar-refractivity contribution in [2.24, 2.45) is 5.92 Å². The summed E-state index contributed by atoms with van der Waals surface area (Å²) in [6, 6.07) is 0. The smallest absolute Gasteiger partial charge is 0.0562 e. The van der Waals surface area contributed by atoms with E-state index in [0.717, 1.165) is 6.54 Å². The molecule has 0 atom stereocenters. The number of hydrogen-bond acceptors (Lipinski definition) is 1. The van der Waals surface area contributed by atoms with Crippen molar-refractivity contribution < 1.29 is 0 Å². The van der Waals surface area contributed by atoms with Gasteiger partial charge in [0.15, 0.2) is 0 Å². The maximum atomic E-state index is 6.10. The van der Waals surface area contributed by atoms with E-state index in [1.165, 1.54) is 43.2 Å². The van der Waals surface area contributed by atoms with Gasteiger partial charge in [0.2, 0.25) is 0 Å². The minimum Gasteiger partial charge on any atom is -0.272 e. The lowest BCUT2D eigenvalue weighted by Gasteiger charge is -2.23. The molecule has 1 aromatic rings. The van der Waals surface area contributed by atoms with E-state index >= 15 is 0 Å². The summed E-state index contributed by atoms with van der Waals surface area (Å²) < 4.78 is 1.96. The van der Waals surface area contributed by atoms with E-state index < -0.39 is 0 Å². The molecule has 1 aliphatic carbocycles. The summed E-state index contributed by atoms with van der Waals surface area (Å²) >= 11 is 6.10. The zero-order valence-corrected chi connectivity index (χ0v) is 11.3. The van der Waals surface area contributed by atoms with Crippen LogP contribution in [-0.4, -0.2) is 15.7 Å². The quantitative estimate of drug-likeness (QED) is 0.738. The molecule has 0 spiro atoms. The average molecular weight is 253 g/mol. The molecule has 0 aromatic carbocycles. The first-order chi connectivity index (χ1) is 8.33. The van der Waals surface area contributed by atoms with E-state index in [9.17, 15) is 0 Å². The first kappa shape index (κ1) is 12.7. The topological polar surface area (TPSA) is 17.8 Å². The van der Waals surface area contributed by atoms with Crippen LogP contribution in [0.3, 0.4) is 0 Å². The van der Waals surface area contributed by atoms with Gasteiger partial charge in [-0.3, -0.25) is 4.68 Å². The molecule has 1 saturated carbocycles. The van der Waals surface area contributed by atoms with Gasteiger partial charge in [-0.25, -0.2) is 0 Å². The van der Waals surface area contributed by atoms with Crippen LogP contribution in [0.5, 0.6) is 0 Å². The van der Waals surface area contributed by atoms with Gasteiger partial charge in [-0.2, -0.15) is 5.10 Å². The number of halogens is 1. The van der Waals surface area contributed by atoms with Gasteiger partial charge < -0.3 is 0 Å². The SMILES string of the molecule is CCn1cc(/C=C(/CCl)C2CCCCC2)cn1. The number of hydrogen-bond donors (Lipinski definition) is 0. The van der Waals surface area contributed by atoms with Gasteiger partial charge >= 0.3 is 0 Å². The maximum Gasteiger partial charge on any atom is 0.0562 e. The highest BCUT2D eigenvalue weighted by molar-refractivity contribution is 6.19. The average Bonchev–Trinajstić information content (AvgIpc) is 2.84. The molecule has 2 rings (SSSR count). The molecule has 0 saturated heterocycles. The molecule has 0 unspecified atom stereocenters. The van der Waals surface area contributed by atoms with E-state index in [2.05, 4.69) is 24.3 Å². The molecule has 1 aromatic heterocycles. The van der Waals surface area contributed by atoms with Crippen molar-refractivity contribution in [2.75, 3.05) is 5.88 Å². The zero-order chi connectivity index (χ0) is 12.1. The molecular weight excluding hydrogens is 232 g/mol. The highest BCUT2D eigenvalue weighted by atomic mass is 35.5. The number of alkyl halides is 1. The molecule has 0 aliphatic heterocycles. The fraction of sp³-hybridized carbons (Fsp3) is 0.643. The van der Waals surface area contributed by atoms with Crippen LogP contribution in [0.4, 0.5) is 0 Å². The number of nitrogens with zero attached hydrogens (tertiary/aromatic N) is 2. The molecule has 17 heavy (non-hydrogen) atoms. The van der Waals surface area contributed by atoms with E-state index in [4.69, 9.17) is 11.6 Å². The van der Waals surface area contributed by atoms with Crippen molar-refractivity contribution in [3.05, 3.63) is 23.5 Å². The van der Waals surface area contributed by atoms with Gasteiger partial charge in [0.05, 0.1) is 6.20 Å². The third kappa shape index (κ3) is 3.35. The molecule has 0 radical (unpaired) electrons. The highest BCUT2D eigenvalue weighted by Crippen LogP contribution is 2.31. The van der Waals surface area contributed by atoms with Crippen LogP contribution in [0.2, 0.25) is 0 Å². The predicted octanol–water partition coefficient (Wildman–Crippen LogP) is 4.11. The molecule has 0 bridgehead atoms. The molecule has 2 nitrogen and oxygen atoms in total. The van der Waals surface area contributed by atoms with Crippen molar-refractivity contribution in [2.45, 2.75) is 45.6 Å². The molecule has 1 fully saturated rings. The number of aromatic nitrogens is 2. The monoisotopic (exact) mass is 252 g/mol. The van der Waals surface area contributed by atoms with Crippen molar-refractivity contribution in [1.29, 1.82) is 0 Å². The van der Waals surface area contributed by atoms with Gasteiger partial charge in [0, 0.05) is 24.2 Å². The Kier molecular flexibility index (Phi) is 4.66. The normalized spacial score (nSPS) is 18.6. The third-order valence-corrected chi connectivity index (χ3v) is 3.92. The number of allylic oxidation sites excluding steroid dienone is 1. The first-order valence-electron chi connectivity index (χ1n) is 6.62. The van der Waals surface area contributed by atoms with Crippen LogP contribution in [0, 0.1) is 5.92 Å². The molecule has 1 aliphatic rings. The standard InChI is InChI=1S/C14H21ClN2/c1-2-17-11-12(10-16-17)8-14(9-15)13-6-4-3-5-7-13/h8,10-11,13H,2-7,9H2,1H3/b14-8-. The zero-order valence-electron chi connectivity index (χ0n) is 10.5. The Hall–Kier alpha value is -0.760. The Morgan fingerprint density at radius 2 is 2.24 bits per heavy atom. The maximum absolute atomic E-state index is 6.10. The summed E-state index contributed by atoms with van der Waals surface area (Å²) in [6.45, 7) is 3.03. The van der Waals surface area contributed by atoms with Crippen molar-refractivity contribution in [3.63, 3.8) is 0 Å². The summed E-state index contributed by atoms with van der Waals surface area (Å²) in [4.78, 5) is 0. The van der Waals surface area contributed by atoms with Crippen LogP contribution in [0.25, 0.3) is 6.08 Å². The van der Waals surface area contributed by atoms with E-state index in [1.54, 1.807) is 0 Å². The summed E-state index contributed by atoms with van der Waals surface area (Å²) in [6.07, 6.45) is 13.0. The van der Waals surface area contributed by atoms with Gasteiger partial charge in [0.25, 0.3) is 0 Å². The van der Waals surface area contributed by atoms with Crippen LogP contribution >= 0.6 is 11.6 Å². The van der Waals surface area contributed by atoms with Gasteiger partial charge in [-0.05, 0) is 25.7 Å². The van der Waals surface area contributed by atoms with Crippen LogP contribution in [-0.2, 0) is 6.54 Å². The minimum absolute atomic E-state index is 0.655. The highest BCUT2D eigenvalue weighted by Gasteiger charge is 2.17. The second kappa shape index (κ2) is 6.25. The van der Waals surface area contributed by atoms with Crippen LogP contribution < -0.4 is 0 Å². The number of rotatable bonds is 4. The first-order valence-corrected chi connectivity index (χ1v) is 7.15. The molecule has 94 valence electrons. The van der Waals surface area contributed by atoms with E-state index in [-0.39, 0.29) is 0 Å². The van der Waals surface area contributed by atoms with Gasteiger partial charge in [0.1, 0.15) is 0 Å². The largest absolute Gasteiger partial charge is 0.272 e. The summed E-state index contributed by atoms with van der Waals surface area (Å²) in [7, 11) is 0.